The van der Waals surface area contributed by atoms with Gasteiger partial charge in [0.1, 0.15) is 6.33 Å². The number of aromatic nitrogens is 4. The summed E-state index contributed by atoms with van der Waals surface area (Å²) in [5, 5.41) is 7.86. The molecule has 0 saturated carbocycles. The molecule has 0 atom stereocenters. The van der Waals surface area contributed by atoms with E-state index >= 15 is 0 Å². The maximum atomic E-state index is 5.50. The molecule has 6 nitrogen and oxygen atoms in total. The van der Waals surface area contributed by atoms with Crippen LogP contribution < -0.4 is 0 Å². The van der Waals surface area contributed by atoms with Crippen LogP contribution in [0.15, 0.2) is 39.8 Å². The fraction of sp³-hybridized carbons (Fsp3) is 0.0909. The molecule has 3 rings (SSSR count). The zero-order valence-corrected chi connectivity index (χ0v) is 8.99. The van der Waals surface area contributed by atoms with Gasteiger partial charge in [-0.3, -0.25) is 0 Å². The van der Waals surface area contributed by atoms with E-state index in [9.17, 15) is 0 Å². The fourth-order valence-electron chi connectivity index (χ4n) is 1.43. The zero-order chi connectivity index (χ0) is 11.7. The second-order valence-corrected chi connectivity index (χ2v) is 3.41. The monoisotopic (exact) mass is 228 g/mol. The number of nitrogens with zero attached hydrogens (tertiary/aromatic N) is 4. The molecule has 0 radical (unpaired) electrons. The summed E-state index contributed by atoms with van der Waals surface area (Å²) in [6.07, 6.45) is 4.67. The third kappa shape index (κ3) is 1.69. The molecule has 0 saturated heterocycles. The van der Waals surface area contributed by atoms with Crippen LogP contribution in [0.5, 0.6) is 0 Å². The highest BCUT2D eigenvalue weighted by atomic mass is 16.4. The van der Waals surface area contributed by atoms with E-state index in [-0.39, 0.29) is 0 Å². The minimum absolute atomic E-state index is 0.341. The van der Waals surface area contributed by atoms with Gasteiger partial charge in [0, 0.05) is 6.20 Å². The summed E-state index contributed by atoms with van der Waals surface area (Å²) in [5.74, 6) is 1.26. The normalized spacial score (nSPS) is 10.6. The molecule has 3 aromatic heterocycles. The summed E-state index contributed by atoms with van der Waals surface area (Å²) in [5.41, 5.74) is 1.51. The van der Waals surface area contributed by atoms with Crippen molar-refractivity contribution in [3.8, 4) is 23.1 Å². The van der Waals surface area contributed by atoms with Crippen LogP contribution in [0.25, 0.3) is 23.1 Å². The first kappa shape index (κ1) is 9.71. The molecule has 84 valence electrons. The van der Waals surface area contributed by atoms with E-state index in [1.807, 2.05) is 6.92 Å². The highest BCUT2D eigenvalue weighted by Crippen LogP contribution is 2.24. The number of aryl methyl sites for hydroxylation is 1. The third-order valence-electron chi connectivity index (χ3n) is 2.30. The van der Waals surface area contributed by atoms with E-state index in [1.165, 1.54) is 6.33 Å². The number of furan rings is 1. The maximum absolute atomic E-state index is 5.50. The number of hydrogen-bond acceptors (Lipinski definition) is 6. The lowest BCUT2D eigenvalue weighted by Gasteiger charge is -1.96. The Morgan fingerprint density at radius 3 is 2.82 bits per heavy atom. The summed E-state index contributed by atoms with van der Waals surface area (Å²) < 4.78 is 10.7. The number of hydrogen-bond donors (Lipinski definition) is 0. The van der Waals surface area contributed by atoms with Gasteiger partial charge in [0.2, 0.25) is 0 Å². The van der Waals surface area contributed by atoms with Crippen LogP contribution in [-0.2, 0) is 0 Å². The quantitative estimate of drug-likeness (QED) is 0.668. The predicted molar refractivity (Wildman–Crippen MR) is 57.8 cm³/mol. The average molecular weight is 228 g/mol. The Bertz CT molecular complexity index is 630. The van der Waals surface area contributed by atoms with Crippen LogP contribution in [0, 0.1) is 6.92 Å². The molecule has 0 aliphatic carbocycles. The summed E-state index contributed by atoms with van der Waals surface area (Å²) in [6.45, 7) is 1.85. The average Bonchev–Trinajstić information content (AvgIpc) is 3.00. The molecule has 6 heteroatoms. The van der Waals surface area contributed by atoms with Gasteiger partial charge < -0.3 is 8.83 Å². The van der Waals surface area contributed by atoms with Crippen molar-refractivity contribution >= 4 is 0 Å². The zero-order valence-electron chi connectivity index (χ0n) is 8.99. The Balaban J connectivity index is 2.04. The largest absolute Gasteiger partial charge is 0.459 e. The molecule has 0 aliphatic rings. The van der Waals surface area contributed by atoms with Crippen LogP contribution >= 0.6 is 0 Å². The van der Waals surface area contributed by atoms with Crippen LogP contribution in [0.3, 0.4) is 0 Å². The van der Waals surface area contributed by atoms with Crippen LogP contribution in [0.2, 0.25) is 0 Å². The summed E-state index contributed by atoms with van der Waals surface area (Å²) in [7, 11) is 0. The van der Waals surface area contributed by atoms with Crippen molar-refractivity contribution in [2.75, 3.05) is 0 Å². The first-order valence-corrected chi connectivity index (χ1v) is 4.99. The number of rotatable bonds is 2. The molecule has 0 fully saturated rings. The molecule has 0 unspecified atom stereocenters. The van der Waals surface area contributed by atoms with Gasteiger partial charge in [-0.25, -0.2) is 9.97 Å². The minimum atomic E-state index is 0.341. The molecule has 0 N–H and O–H groups in total. The Hall–Kier alpha value is -2.50. The van der Waals surface area contributed by atoms with Gasteiger partial charge in [-0.2, -0.15) is 0 Å². The van der Waals surface area contributed by atoms with E-state index in [0.717, 1.165) is 11.3 Å². The van der Waals surface area contributed by atoms with E-state index in [1.54, 1.807) is 24.6 Å². The maximum Gasteiger partial charge on any atom is 0.283 e. The van der Waals surface area contributed by atoms with Crippen molar-refractivity contribution in [3.63, 3.8) is 0 Å². The molecular weight excluding hydrogens is 220 g/mol. The minimum Gasteiger partial charge on any atom is -0.459 e. The summed E-state index contributed by atoms with van der Waals surface area (Å²) in [6, 6.07) is 3.52. The molecule has 3 aromatic rings. The van der Waals surface area contributed by atoms with E-state index in [2.05, 4.69) is 20.2 Å². The first-order chi connectivity index (χ1) is 8.34. The van der Waals surface area contributed by atoms with Crippen LogP contribution in [0.4, 0.5) is 0 Å². The molecule has 0 spiro atoms. The van der Waals surface area contributed by atoms with Gasteiger partial charge >= 0.3 is 0 Å². The van der Waals surface area contributed by atoms with Crippen LogP contribution in [-0.4, -0.2) is 20.2 Å². The van der Waals surface area contributed by atoms with Crippen molar-refractivity contribution in [1.29, 1.82) is 0 Å². The molecule has 0 aromatic carbocycles. The van der Waals surface area contributed by atoms with Crippen molar-refractivity contribution in [3.05, 3.63) is 36.6 Å². The smallest absolute Gasteiger partial charge is 0.283 e. The highest BCUT2D eigenvalue weighted by molar-refractivity contribution is 5.56. The molecule has 17 heavy (non-hydrogen) atoms. The summed E-state index contributed by atoms with van der Waals surface area (Å²) >= 11 is 0. The Labute approximate surface area is 96.3 Å². The third-order valence-corrected chi connectivity index (χ3v) is 2.30. The second-order valence-electron chi connectivity index (χ2n) is 3.41. The van der Waals surface area contributed by atoms with E-state index < -0.39 is 0 Å². The SMILES string of the molecule is Cc1ncncc1-c1nnc(-c2ccco2)o1. The molecule has 0 aliphatic heterocycles. The van der Waals surface area contributed by atoms with Crippen molar-refractivity contribution in [2.45, 2.75) is 6.92 Å². The van der Waals surface area contributed by atoms with Gasteiger partial charge in [0.15, 0.2) is 5.76 Å². The Kier molecular flexibility index (Phi) is 2.18. The van der Waals surface area contributed by atoms with Crippen LogP contribution in [0.1, 0.15) is 5.69 Å². The van der Waals surface area contributed by atoms with Gasteiger partial charge in [-0.05, 0) is 19.1 Å². The topological polar surface area (TPSA) is 77.8 Å². The van der Waals surface area contributed by atoms with E-state index in [4.69, 9.17) is 8.83 Å². The van der Waals surface area contributed by atoms with Gasteiger partial charge in [0.05, 0.1) is 17.5 Å². The lowest BCUT2D eigenvalue weighted by atomic mass is 10.2. The second kappa shape index (κ2) is 3.82. The first-order valence-electron chi connectivity index (χ1n) is 4.99. The predicted octanol–water partition coefficient (Wildman–Crippen LogP) is 2.10. The van der Waals surface area contributed by atoms with Crippen molar-refractivity contribution in [1.82, 2.24) is 20.2 Å². The van der Waals surface area contributed by atoms with Gasteiger partial charge in [-0.15, -0.1) is 10.2 Å². The van der Waals surface area contributed by atoms with Gasteiger partial charge in [0.25, 0.3) is 11.8 Å². The standard InChI is InChI=1S/C11H8N4O2/c1-7-8(5-12-6-13-7)10-14-15-11(17-10)9-3-2-4-16-9/h2-6H,1H3. The summed E-state index contributed by atoms with van der Waals surface area (Å²) in [4.78, 5) is 8.00. The van der Waals surface area contributed by atoms with E-state index in [0.29, 0.717) is 17.5 Å². The lowest BCUT2D eigenvalue weighted by Crippen LogP contribution is -1.88. The fourth-order valence-corrected chi connectivity index (χ4v) is 1.43. The Morgan fingerprint density at radius 2 is 2.06 bits per heavy atom. The molecular formula is C11H8N4O2. The van der Waals surface area contributed by atoms with Gasteiger partial charge in [-0.1, -0.05) is 0 Å². The molecule has 0 amide bonds. The molecule has 3 heterocycles. The molecule has 0 bridgehead atoms. The van der Waals surface area contributed by atoms with Crippen molar-refractivity contribution < 1.29 is 8.83 Å². The highest BCUT2D eigenvalue weighted by Gasteiger charge is 2.14. The Morgan fingerprint density at radius 1 is 1.18 bits per heavy atom. The lowest BCUT2D eigenvalue weighted by molar-refractivity contribution is 0.523. The van der Waals surface area contributed by atoms with Crippen molar-refractivity contribution in [2.24, 2.45) is 0 Å².